The van der Waals surface area contributed by atoms with Crippen LogP contribution in [-0.4, -0.2) is 41.9 Å². The Morgan fingerprint density at radius 2 is 1.88 bits per heavy atom. The predicted octanol–water partition coefficient (Wildman–Crippen LogP) is 2.34. The van der Waals surface area contributed by atoms with E-state index >= 15 is 0 Å². The minimum atomic E-state index is -0.979. The van der Waals surface area contributed by atoms with Crippen LogP contribution in [0.2, 0.25) is 0 Å². The van der Waals surface area contributed by atoms with E-state index < -0.39 is 18.0 Å². The van der Waals surface area contributed by atoms with Gasteiger partial charge < -0.3 is 15.0 Å². The molecule has 7 heteroatoms. The van der Waals surface area contributed by atoms with Gasteiger partial charge in [0.2, 0.25) is 5.91 Å². The highest BCUT2D eigenvalue weighted by Gasteiger charge is 2.24. The molecule has 0 saturated carbocycles. The number of hydrogen-bond acceptors (Lipinski definition) is 4. The fourth-order valence-corrected chi connectivity index (χ4v) is 2.82. The van der Waals surface area contributed by atoms with E-state index in [0.717, 1.165) is 24.8 Å². The van der Waals surface area contributed by atoms with Crippen LogP contribution in [0, 0.1) is 5.82 Å². The molecular weight excluding hydrogens is 339 g/mol. The molecule has 2 amide bonds. The maximum atomic E-state index is 13.0. The number of benzene rings is 1. The SMILES string of the molecule is C[C@@H](OC(=O)CN1CCCCCC1=O)C(=O)N[C@H](C)c1ccc(F)cc1. The molecule has 1 aromatic carbocycles. The summed E-state index contributed by atoms with van der Waals surface area (Å²) in [7, 11) is 0. The Kier molecular flexibility index (Phi) is 7.12. The van der Waals surface area contributed by atoms with Crippen LogP contribution in [0.3, 0.4) is 0 Å². The lowest BCUT2D eigenvalue weighted by Crippen LogP contribution is -2.41. The Balaban J connectivity index is 1.82. The summed E-state index contributed by atoms with van der Waals surface area (Å²) in [5.74, 6) is -1.45. The molecule has 0 radical (unpaired) electrons. The molecule has 1 aliphatic rings. The van der Waals surface area contributed by atoms with Crippen LogP contribution in [0.25, 0.3) is 0 Å². The summed E-state index contributed by atoms with van der Waals surface area (Å²) in [6, 6.07) is 5.46. The maximum absolute atomic E-state index is 13.0. The van der Waals surface area contributed by atoms with Crippen molar-refractivity contribution in [2.24, 2.45) is 0 Å². The monoisotopic (exact) mass is 364 g/mol. The van der Waals surface area contributed by atoms with Crippen LogP contribution < -0.4 is 5.32 Å². The zero-order valence-corrected chi connectivity index (χ0v) is 15.2. The van der Waals surface area contributed by atoms with Gasteiger partial charge in [-0.25, -0.2) is 4.39 Å². The van der Waals surface area contributed by atoms with Gasteiger partial charge in [0, 0.05) is 13.0 Å². The van der Waals surface area contributed by atoms with E-state index in [4.69, 9.17) is 4.74 Å². The van der Waals surface area contributed by atoms with Crippen molar-refractivity contribution in [1.82, 2.24) is 10.2 Å². The van der Waals surface area contributed by atoms with Gasteiger partial charge in [-0.1, -0.05) is 18.6 Å². The molecule has 0 unspecified atom stereocenters. The molecule has 26 heavy (non-hydrogen) atoms. The summed E-state index contributed by atoms with van der Waals surface area (Å²) < 4.78 is 18.1. The number of likely N-dealkylation sites (tertiary alicyclic amines) is 1. The number of carbonyl (C=O) groups is 3. The minimum absolute atomic E-state index is 0.0542. The molecule has 1 aromatic rings. The Hall–Kier alpha value is -2.44. The van der Waals surface area contributed by atoms with Crippen molar-refractivity contribution in [2.45, 2.75) is 51.7 Å². The first-order valence-electron chi connectivity index (χ1n) is 8.90. The average Bonchev–Trinajstić information content (AvgIpc) is 2.79. The number of hydrogen-bond donors (Lipinski definition) is 1. The highest BCUT2D eigenvalue weighted by atomic mass is 19.1. The van der Waals surface area contributed by atoms with Crippen LogP contribution in [0.1, 0.15) is 51.1 Å². The van der Waals surface area contributed by atoms with Gasteiger partial charge in [0.25, 0.3) is 5.91 Å². The van der Waals surface area contributed by atoms with E-state index in [-0.39, 0.29) is 24.3 Å². The third-order valence-electron chi connectivity index (χ3n) is 4.40. The van der Waals surface area contributed by atoms with Crippen LogP contribution in [0.5, 0.6) is 0 Å². The molecule has 6 nitrogen and oxygen atoms in total. The first-order chi connectivity index (χ1) is 12.4. The summed E-state index contributed by atoms with van der Waals surface area (Å²) >= 11 is 0. The molecule has 2 atom stereocenters. The van der Waals surface area contributed by atoms with E-state index in [9.17, 15) is 18.8 Å². The second-order valence-corrected chi connectivity index (χ2v) is 6.54. The van der Waals surface area contributed by atoms with E-state index in [1.54, 1.807) is 19.1 Å². The topological polar surface area (TPSA) is 75.7 Å². The number of amides is 2. The maximum Gasteiger partial charge on any atom is 0.326 e. The fraction of sp³-hybridized carbons (Fsp3) is 0.526. The van der Waals surface area contributed by atoms with E-state index in [1.165, 1.54) is 24.0 Å². The number of halogens is 1. The molecular formula is C19H25FN2O4. The number of nitrogens with zero attached hydrogens (tertiary/aromatic N) is 1. The standard InChI is InChI=1S/C19H25FN2O4/c1-13(15-7-9-16(20)10-8-15)21-19(25)14(2)26-18(24)12-22-11-5-3-4-6-17(22)23/h7-10,13-14H,3-6,11-12H2,1-2H3,(H,21,25)/t13-,14-/m1/s1. The average molecular weight is 364 g/mol. The van der Waals surface area contributed by atoms with Crippen molar-refractivity contribution in [1.29, 1.82) is 0 Å². The smallest absolute Gasteiger partial charge is 0.326 e. The Morgan fingerprint density at radius 1 is 1.19 bits per heavy atom. The van der Waals surface area contributed by atoms with E-state index in [0.29, 0.717) is 13.0 Å². The molecule has 1 N–H and O–H groups in total. The molecule has 1 saturated heterocycles. The third-order valence-corrected chi connectivity index (χ3v) is 4.40. The predicted molar refractivity (Wildman–Crippen MR) is 93.6 cm³/mol. The van der Waals surface area contributed by atoms with Crippen molar-refractivity contribution in [3.8, 4) is 0 Å². The molecule has 1 fully saturated rings. The lowest BCUT2D eigenvalue weighted by molar-refractivity contribution is -0.157. The molecule has 142 valence electrons. The Morgan fingerprint density at radius 3 is 2.58 bits per heavy atom. The second-order valence-electron chi connectivity index (χ2n) is 6.54. The van der Waals surface area contributed by atoms with Crippen LogP contribution in [0.4, 0.5) is 4.39 Å². The summed E-state index contributed by atoms with van der Waals surface area (Å²) in [6.07, 6.45) is 2.14. The summed E-state index contributed by atoms with van der Waals surface area (Å²) in [6.45, 7) is 3.64. The van der Waals surface area contributed by atoms with Crippen molar-refractivity contribution in [2.75, 3.05) is 13.1 Å². The van der Waals surface area contributed by atoms with Gasteiger partial charge in [-0.15, -0.1) is 0 Å². The van der Waals surface area contributed by atoms with Gasteiger partial charge in [0.15, 0.2) is 6.10 Å². The first-order valence-corrected chi connectivity index (χ1v) is 8.90. The molecule has 0 spiro atoms. The van der Waals surface area contributed by atoms with Crippen molar-refractivity contribution >= 4 is 17.8 Å². The lowest BCUT2D eigenvalue weighted by atomic mass is 10.1. The zero-order valence-electron chi connectivity index (χ0n) is 15.2. The molecule has 0 aromatic heterocycles. The molecule has 2 rings (SSSR count). The summed E-state index contributed by atoms with van der Waals surface area (Å²) in [5.41, 5.74) is 0.744. The number of esters is 1. The summed E-state index contributed by atoms with van der Waals surface area (Å²) in [4.78, 5) is 37.6. The largest absolute Gasteiger partial charge is 0.451 e. The zero-order chi connectivity index (χ0) is 19.1. The fourth-order valence-electron chi connectivity index (χ4n) is 2.82. The van der Waals surface area contributed by atoms with Gasteiger partial charge in [0.1, 0.15) is 12.4 Å². The Labute approximate surface area is 152 Å². The van der Waals surface area contributed by atoms with Crippen LogP contribution >= 0.6 is 0 Å². The molecule has 0 aliphatic carbocycles. The normalized spacial score (nSPS) is 17.2. The Bertz CT molecular complexity index is 647. The first kappa shape index (κ1) is 19.9. The molecule has 0 bridgehead atoms. The highest BCUT2D eigenvalue weighted by molar-refractivity contribution is 5.86. The van der Waals surface area contributed by atoms with Gasteiger partial charge in [-0.2, -0.15) is 0 Å². The van der Waals surface area contributed by atoms with Gasteiger partial charge in [-0.05, 0) is 44.4 Å². The highest BCUT2D eigenvalue weighted by Crippen LogP contribution is 2.14. The number of nitrogens with one attached hydrogen (secondary N) is 1. The number of rotatable bonds is 6. The van der Waals surface area contributed by atoms with Crippen LogP contribution in [-0.2, 0) is 19.1 Å². The van der Waals surface area contributed by atoms with Crippen LogP contribution in [0.15, 0.2) is 24.3 Å². The van der Waals surface area contributed by atoms with Gasteiger partial charge >= 0.3 is 5.97 Å². The second kappa shape index (κ2) is 9.31. The number of ether oxygens (including phenoxy) is 1. The lowest BCUT2D eigenvalue weighted by Gasteiger charge is -2.22. The molecule has 1 heterocycles. The van der Waals surface area contributed by atoms with E-state index in [2.05, 4.69) is 5.32 Å². The van der Waals surface area contributed by atoms with Crippen molar-refractivity contribution < 1.29 is 23.5 Å². The number of carbonyl (C=O) groups excluding carboxylic acids is 3. The van der Waals surface area contributed by atoms with Gasteiger partial charge in [0.05, 0.1) is 6.04 Å². The quantitative estimate of drug-likeness (QED) is 0.786. The van der Waals surface area contributed by atoms with Crippen molar-refractivity contribution in [3.05, 3.63) is 35.6 Å². The summed E-state index contributed by atoms with van der Waals surface area (Å²) in [5, 5.41) is 2.72. The molecule has 1 aliphatic heterocycles. The third kappa shape index (κ3) is 5.82. The van der Waals surface area contributed by atoms with Gasteiger partial charge in [-0.3, -0.25) is 14.4 Å². The van der Waals surface area contributed by atoms with E-state index in [1.807, 2.05) is 0 Å². The van der Waals surface area contributed by atoms with Crippen molar-refractivity contribution in [3.63, 3.8) is 0 Å². The minimum Gasteiger partial charge on any atom is -0.451 e.